The van der Waals surface area contributed by atoms with E-state index in [1.165, 1.54) is 12.1 Å². The van der Waals surface area contributed by atoms with E-state index >= 15 is 0 Å². The first-order valence-corrected chi connectivity index (χ1v) is 11.9. The largest absolute Gasteiger partial charge is 0.343 e. The van der Waals surface area contributed by atoms with Crippen molar-refractivity contribution in [3.05, 3.63) is 87.9 Å². The van der Waals surface area contributed by atoms with Crippen molar-refractivity contribution >= 4 is 44.8 Å². The lowest BCUT2D eigenvalue weighted by molar-refractivity contribution is -0.115. The zero-order chi connectivity index (χ0) is 24.2. The molecule has 0 radical (unpaired) electrons. The summed E-state index contributed by atoms with van der Waals surface area (Å²) in [6.45, 7) is 5.17. The van der Waals surface area contributed by atoms with Crippen LogP contribution in [0.1, 0.15) is 27.0 Å². The summed E-state index contributed by atoms with van der Waals surface area (Å²) in [7, 11) is -3.92. The molecule has 172 valence electrons. The van der Waals surface area contributed by atoms with Crippen molar-refractivity contribution in [1.82, 2.24) is 5.32 Å². The molecular formula is C24H24ClN3O4S. The predicted molar refractivity (Wildman–Crippen MR) is 130 cm³/mol. The third kappa shape index (κ3) is 6.57. The molecule has 2 amide bonds. The average molecular weight is 486 g/mol. The molecule has 0 saturated carbocycles. The molecule has 0 atom stereocenters. The van der Waals surface area contributed by atoms with Crippen LogP contribution in [0.3, 0.4) is 0 Å². The maximum absolute atomic E-state index is 12.9. The number of amides is 2. The van der Waals surface area contributed by atoms with Gasteiger partial charge in [0.1, 0.15) is 0 Å². The van der Waals surface area contributed by atoms with Crippen molar-refractivity contribution in [2.24, 2.45) is 0 Å². The van der Waals surface area contributed by atoms with Crippen LogP contribution in [0, 0.1) is 20.8 Å². The van der Waals surface area contributed by atoms with E-state index in [-0.39, 0.29) is 23.0 Å². The number of aryl methyl sites for hydroxylation is 3. The average Bonchev–Trinajstić information content (AvgIpc) is 2.72. The first-order valence-electron chi connectivity index (χ1n) is 10.1. The summed E-state index contributed by atoms with van der Waals surface area (Å²) in [5.41, 5.74) is 3.48. The van der Waals surface area contributed by atoms with Crippen molar-refractivity contribution in [2.45, 2.75) is 25.7 Å². The predicted octanol–water partition coefficient (Wildman–Crippen LogP) is 4.43. The molecule has 0 unspecified atom stereocenters. The standard InChI is InChI=1S/C24H24ClN3O4S/c1-15-9-16(2)11-18(10-15)24(30)26-14-23(29)27-20-8-7-17(3)22(13-20)33(31,32)28-21-6-4-5-19(25)12-21/h4-13,28H,14H2,1-3H3,(H,26,30)(H,27,29). The second kappa shape index (κ2) is 10.1. The number of sulfonamides is 1. The summed E-state index contributed by atoms with van der Waals surface area (Å²) in [5.74, 6) is -0.849. The van der Waals surface area contributed by atoms with Gasteiger partial charge < -0.3 is 10.6 Å². The maximum atomic E-state index is 12.9. The van der Waals surface area contributed by atoms with Crippen molar-refractivity contribution in [3.63, 3.8) is 0 Å². The lowest BCUT2D eigenvalue weighted by Crippen LogP contribution is -2.33. The van der Waals surface area contributed by atoms with Gasteiger partial charge >= 0.3 is 0 Å². The van der Waals surface area contributed by atoms with Crippen molar-refractivity contribution in [2.75, 3.05) is 16.6 Å². The van der Waals surface area contributed by atoms with E-state index in [0.717, 1.165) is 11.1 Å². The highest BCUT2D eigenvalue weighted by atomic mass is 35.5. The molecule has 0 aliphatic rings. The van der Waals surface area contributed by atoms with Crippen LogP contribution in [0.25, 0.3) is 0 Å². The second-order valence-electron chi connectivity index (χ2n) is 7.70. The second-order valence-corrected chi connectivity index (χ2v) is 9.79. The molecule has 7 nitrogen and oxygen atoms in total. The number of rotatable bonds is 7. The minimum atomic E-state index is -3.92. The van der Waals surface area contributed by atoms with Crippen LogP contribution in [-0.4, -0.2) is 26.8 Å². The molecule has 0 fully saturated rings. The van der Waals surface area contributed by atoms with Gasteiger partial charge in [-0.2, -0.15) is 0 Å². The van der Waals surface area contributed by atoms with Crippen LogP contribution in [0.15, 0.2) is 65.6 Å². The molecule has 0 aliphatic heterocycles. The van der Waals surface area contributed by atoms with Gasteiger partial charge in [0.25, 0.3) is 15.9 Å². The minimum Gasteiger partial charge on any atom is -0.343 e. The van der Waals surface area contributed by atoms with Crippen molar-refractivity contribution in [1.29, 1.82) is 0 Å². The Labute approximate surface area is 198 Å². The van der Waals surface area contributed by atoms with Crippen LogP contribution in [0.5, 0.6) is 0 Å². The lowest BCUT2D eigenvalue weighted by Gasteiger charge is -2.13. The fourth-order valence-electron chi connectivity index (χ4n) is 3.30. The SMILES string of the molecule is Cc1cc(C)cc(C(=O)NCC(=O)Nc2ccc(C)c(S(=O)(=O)Nc3cccc(Cl)c3)c2)c1. The topological polar surface area (TPSA) is 104 Å². The molecule has 3 aromatic rings. The Hall–Kier alpha value is -3.36. The molecule has 0 aromatic heterocycles. The zero-order valence-corrected chi connectivity index (χ0v) is 20.0. The first-order chi connectivity index (χ1) is 15.5. The first kappa shape index (κ1) is 24.3. The molecule has 0 saturated heterocycles. The van der Waals surface area contributed by atoms with E-state index in [2.05, 4.69) is 15.4 Å². The number of anilines is 2. The van der Waals surface area contributed by atoms with E-state index in [9.17, 15) is 18.0 Å². The summed E-state index contributed by atoms with van der Waals surface area (Å²) in [5, 5.41) is 5.59. The number of hydrogen-bond donors (Lipinski definition) is 3. The third-order valence-electron chi connectivity index (χ3n) is 4.73. The minimum absolute atomic E-state index is 0.0135. The summed E-state index contributed by atoms with van der Waals surface area (Å²) in [6.07, 6.45) is 0. The van der Waals surface area contributed by atoms with Crippen molar-refractivity contribution < 1.29 is 18.0 Å². The van der Waals surface area contributed by atoms with Gasteiger partial charge in [-0.3, -0.25) is 14.3 Å². The van der Waals surface area contributed by atoms with Gasteiger partial charge in [-0.05, 0) is 68.8 Å². The Morgan fingerprint density at radius 3 is 2.24 bits per heavy atom. The monoisotopic (exact) mass is 485 g/mol. The van der Waals surface area contributed by atoms with Crippen LogP contribution in [-0.2, 0) is 14.8 Å². The molecule has 3 N–H and O–H groups in total. The van der Waals surface area contributed by atoms with Crippen LogP contribution < -0.4 is 15.4 Å². The van der Waals surface area contributed by atoms with Gasteiger partial charge in [0, 0.05) is 16.3 Å². The van der Waals surface area contributed by atoms with E-state index in [1.54, 1.807) is 49.4 Å². The van der Waals surface area contributed by atoms with Crippen LogP contribution >= 0.6 is 11.6 Å². The molecule has 9 heteroatoms. The van der Waals surface area contributed by atoms with Gasteiger partial charge in [-0.25, -0.2) is 8.42 Å². The lowest BCUT2D eigenvalue weighted by atomic mass is 10.1. The fraction of sp³-hybridized carbons (Fsp3) is 0.167. The molecule has 0 bridgehead atoms. The highest BCUT2D eigenvalue weighted by molar-refractivity contribution is 7.92. The summed E-state index contributed by atoms with van der Waals surface area (Å²) in [6, 6.07) is 16.3. The smallest absolute Gasteiger partial charge is 0.262 e. The Balaban J connectivity index is 1.68. The normalized spacial score (nSPS) is 11.0. The quantitative estimate of drug-likeness (QED) is 0.460. The van der Waals surface area contributed by atoms with Gasteiger partial charge in [0.2, 0.25) is 5.91 Å². The van der Waals surface area contributed by atoms with E-state index in [4.69, 9.17) is 11.6 Å². The number of carbonyl (C=O) groups is 2. The molecule has 0 aliphatic carbocycles. The number of benzene rings is 3. The summed E-state index contributed by atoms with van der Waals surface area (Å²) < 4.78 is 28.2. The number of carbonyl (C=O) groups excluding carboxylic acids is 2. The number of halogens is 1. The van der Waals surface area contributed by atoms with Crippen LogP contribution in [0.2, 0.25) is 5.02 Å². The highest BCUT2D eigenvalue weighted by Crippen LogP contribution is 2.24. The number of hydrogen-bond acceptors (Lipinski definition) is 4. The summed E-state index contributed by atoms with van der Waals surface area (Å²) >= 11 is 5.93. The van der Waals surface area contributed by atoms with Gasteiger partial charge in [0.05, 0.1) is 17.1 Å². The molecule has 3 aromatic carbocycles. The highest BCUT2D eigenvalue weighted by Gasteiger charge is 2.18. The van der Waals surface area contributed by atoms with Gasteiger partial charge in [-0.1, -0.05) is 40.9 Å². The molecular weight excluding hydrogens is 462 g/mol. The fourth-order valence-corrected chi connectivity index (χ4v) is 4.81. The number of nitrogens with one attached hydrogen (secondary N) is 3. The molecule has 3 rings (SSSR count). The summed E-state index contributed by atoms with van der Waals surface area (Å²) in [4.78, 5) is 24.7. The van der Waals surface area contributed by atoms with Gasteiger partial charge in [0.15, 0.2) is 0 Å². The van der Waals surface area contributed by atoms with E-state index in [0.29, 0.717) is 21.8 Å². The molecule has 33 heavy (non-hydrogen) atoms. The zero-order valence-electron chi connectivity index (χ0n) is 18.4. The van der Waals surface area contributed by atoms with E-state index < -0.39 is 15.9 Å². The Morgan fingerprint density at radius 2 is 1.58 bits per heavy atom. The molecule has 0 heterocycles. The van der Waals surface area contributed by atoms with Gasteiger partial charge in [-0.15, -0.1) is 0 Å². The van der Waals surface area contributed by atoms with Crippen molar-refractivity contribution in [3.8, 4) is 0 Å². The Morgan fingerprint density at radius 1 is 0.879 bits per heavy atom. The third-order valence-corrected chi connectivity index (χ3v) is 6.49. The maximum Gasteiger partial charge on any atom is 0.262 e. The Kier molecular flexibility index (Phi) is 7.40. The Bertz CT molecular complexity index is 1300. The van der Waals surface area contributed by atoms with E-state index in [1.807, 2.05) is 19.9 Å². The molecule has 0 spiro atoms. The van der Waals surface area contributed by atoms with Crippen LogP contribution in [0.4, 0.5) is 11.4 Å².